The standard InChI is InChI=1S/C13H17ClN4/c1-15-12(13-6-4-11(14)8-16-13)5-3-10-7-17-18(2)9-10/h4,6-9,12,15H,3,5H2,1-2H3. The van der Waals surface area contributed by atoms with E-state index in [9.17, 15) is 0 Å². The lowest BCUT2D eigenvalue weighted by Crippen LogP contribution is -2.18. The second-order valence-electron chi connectivity index (χ2n) is 4.30. The molecule has 0 saturated heterocycles. The van der Waals surface area contributed by atoms with Gasteiger partial charge in [0.05, 0.1) is 16.9 Å². The number of nitrogens with one attached hydrogen (secondary N) is 1. The summed E-state index contributed by atoms with van der Waals surface area (Å²) in [7, 11) is 3.88. The minimum absolute atomic E-state index is 0.238. The molecule has 4 nitrogen and oxygen atoms in total. The highest BCUT2D eigenvalue weighted by Gasteiger charge is 2.11. The van der Waals surface area contributed by atoms with Gasteiger partial charge in [0.1, 0.15) is 0 Å². The Kier molecular flexibility index (Phi) is 4.33. The van der Waals surface area contributed by atoms with Crippen LogP contribution in [0.4, 0.5) is 0 Å². The zero-order valence-corrected chi connectivity index (χ0v) is 11.4. The van der Waals surface area contributed by atoms with Gasteiger partial charge in [-0.1, -0.05) is 11.6 Å². The fourth-order valence-corrected chi connectivity index (χ4v) is 2.06. The van der Waals surface area contributed by atoms with Gasteiger partial charge in [-0.25, -0.2) is 0 Å². The third-order valence-electron chi connectivity index (χ3n) is 2.94. The van der Waals surface area contributed by atoms with Crippen molar-refractivity contribution >= 4 is 11.6 Å². The van der Waals surface area contributed by atoms with Gasteiger partial charge in [-0.2, -0.15) is 5.10 Å². The topological polar surface area (TPSA) is 42.7 Å². The summed E-state index contributed by atoms with van der Waals surface area (Å²) >= 11 is 5.84. The number of halogens is 1. The summed E-state index contributed by atoms with van der Waals surface area (Å²) in [5, 5.41) is 8.12. The minimum Gasteiger partial charge on any atom is -0.312 e. The number of nitrogens with zero attached hydrogens (tertiary/aromatic N) is 3. The second-order valence-corrected chi connectivity index (χ2v) is 4.74. The first-order chi connectivity index (χ1) is 8.69. The van der Waals surface area contributed by atoms with E-state index in [1.54, 1.807) is 6.20 Å². The smallest absolute Gasteiger partial charge is 0.0589 e. The van der Waals surface area contributed by atoms with E-state index in [-0.39, 0.29) is 6.04 Å². The molecule has 2 aromatic heterocycles. The molecule has 0 amide bonds. The molecule has 1 unspecified atom stereocenters. The molecule has 0 aliphatic carbocycles. The van der Waals surface area contributed by atoms with Crippen molar-refractivity contribution in [2.75, 3.05) is 7.05 Å². The molecule has 1 N–H and O–H groups in total. The van der Waals surface area contributed by atoms with Crippen molar-refractivity contribution < 1.29 is 0 Å². The van der Waals surface area contributed by atoms with Crippen molar-refractivity contribution in [3.05, 3.63) is 47.0 Å². The average molecular weight is 265 g/mol. The van der Waals surface area contributed by atoms with Crippen molar-refractivity contribution in [1.29, 1.82) is 0 Å². The number of aromatic nitrogens is 3. The van der Waals surface area contributed by atoms with Gasteiger partial charge in [-0.15, -0.1) is 0 Å². The maximum absolute atomic E-state index is 5.84. The molecule has 0 bridgehead atoms. The molecule has 0 fully saturated rings. The van der Waals surface area contributed by atoms with E-state index >= 15 is 0 Å². The molecule has 0 aliphatic heterocycles. The molecular weight excluding hydrogens is 248 g/mol. The zero-order chi connectivity index (χ0) is 13.0. The van der Waals surface area contributed by atoms with Crippen LogP contribution in [0.5, 0.6) is 0 Å². The van der Waals surface area contributed by atoms with Crippen LogP contribution >= 0.6 is 11.6 Å². The zero-order valence-electron chi connectivity index (χ0n) is 10.6. The van der Waals surface area contributed by atoms with Crippen LogP contribution in [0.25, 0.3) is 0 Å². The van der Waals surface area contributed by atoms with E-state index in [1.165, 1.54) is 5.56 Å². The summed E-state index contributed by atoms with van der Waals surface area (Å²) in [4.78, 5) is 4.35. The third-order valence-corrected chi connectivity index (χ3v) is 3.16. The predicted octanol–water partition coefficient (Wildman–Crippen LogP) is 2.36. The summed E-state index contributed by atoms with van der Waals surface area (Å²) in [6, 6.07) is 4.08. The molecule has 0 radical (unpaired) electrons. The molecule has 96 valence electrons. The van der Waals surface area contributed by atoms with Crippen LogP contribution < -0.4 is 5.32 Å². The quantitative estimate of drug-likeness (QED) is 0.902. The van der Waals surface area contributed by atoms with Gasteiger partial charge in [0.25, 0.3) is 0 Å². The number of aryl methyl sites for hydroxylation is 2. The lowest BCUT2D eigenvalue weighted by molar-refractivity contribution is 0.536. The van der Waals surface area contributed by atoms with Gasteiger partial charge in [-0.05, 0) is 37.6 Å². The fourth-order valence-electron chi connectivity index (χ4n) is 1.95. The Morgan fingerprint density at radius 1 is 1.39 bits per heavy atom. The van der Waals surface area contributed by atoms with Gasteiger partial charge >= 0.3 is 0 Å². The van der Waals surface area contributed by atoms with Gasteiger partial charge in [-0.3, -0.25) is 9.67 Å². The van der Waals surface area contributed by atoms with E-state index < -0.39 is 0 Å². The highest BCUT2D eigenvalue weighted by Crippen LogP contribution is 2.18. The normalized spacial score (nSPS) is 12.6. The summed E-state index contributed by atoms with van der Waals surface area (Å²) in [6.45, 7) is 0. The van der Waals surface area contributed by atoms with Crippen LogP contribution in [-0.2, 0) is 13.5 Å². The lowest BCUT2D eigenvalue weighted by atomic mass is 10.0. The Bertz CT molecular complexity index is 492. The Hall–Kier alpha value is -1.39. The van der Waals surface area contributed by atoms with Crippen LogP contribution in [-0.4, -0.2) is 21.8 Å². The van der Waals surface area contributed by atoms with E-state index in [1.807, 2.05) is 43.3 Å². The summed E-state index contributed by atoms with van der Waals surface area (Å²) in [6.07, 6.45) is 7.59. The fraction of sp³-hybridized carbons (Fsp3) is 0.385. The maximum atomic E-state index is 5.84. The molecule has 1 atom stereocenters. The number of pyridine rings is 1. The van der Waals surface area contributed by atoms with Gasteiger partial charge < -0.3 is 5.32 Å². The van der Waals surface area contributed by atoms with Gasteiger partial charge in [0.15, 0.2) is 0 Å². The van der Waals surface area contributed by atoms with Crippen LogP contribution in [0.3, 0.4) is 0 Å². The second kappa shape index (κ2) is 5.98. The molecule has 18 heavy (non-hydrogen) atoms. The Labute approximate surface area is 112 Å². The number of rotatable bonds is 5. The minimum atomic E-state index is 0.238. The van der Waals surface area contributed by atoms with Crippen LogP contribution in [0.1, 0.15) is 23.7 Å². The average Bonchev–Trinajstić information content (AvgIpc) is 2.78. The van der Waals surface area contributed by atoms with Crippen molar-refractivity contribution in [2.24, 2.45) is 7.05 Å². The SMILES string of the molecule is CNC(CCc1cnn(C)c1)c1ccc(Cl)cn1. The van der Waals surface area contributed by atoms with Crippen LogP contribution in [0, 0.1) is 0 Å². The third kappa shape index (κ3) is 3.31. The van der Waals surface area contributed by atoms with Crippen molar-refractivity contribution in [1.82, 2.24) is 20.1 Å². The molecule has 2 heterocycles. The lowest BCUT2D eigenvalue weighted by Gasteiger charge is -2.15. The van der Waals surface area contributed by atoms with Crippen molar-refractivity contribution in [2.45, 2.75) is 18.9 Å². The molecule has 2 aromatic rings. The van der Waals surface area contributed by atoms with Crippen LogP contribution in [0.2, 0.25) is 5.02 Å². The molecule has 0 spiro atoms. The van der Waals surface area contributed by atoms with E-state index in [2.05, 4.69) is 15.4 Å². The Morgan fingerprint density at radius 3 is 2.78 bits per heavy atom. The number of hydrogen-bond donors (Lipinski definition) is 1. The van der Waals surface area contributed by atoms with Crippen molar-refractivity contribution in [3.63, 3.8) is 0 Å². The predicted molar refractivity (Wildman–Crippen MR) is 72.6 cm³/mol. The molecule has 0 aliphatic rings. The summed E-state index contributed by atoms with van der Waals surface area (Å²) < 4.78 is 1.82. The van der Waals surface area contributed by atoms with Crippen molar-refractivity contribution in [3.8, 4) is 0 Å². The maximum Gasteiger partial charge on any atom is 0.0589 e. The molecule has 0 aromatic carbocycles. The van der Waals surface area contributed by atoms with E-state index in [0.29, 0.717) is 5.02 Å². The largest absolute Gasteiger partial charge is 0.312 e. The first-order valence-electron chi connectivity index (χ1n) is 5.95. The summed E-state index contributed by atoms with van der Waals surface area (Å²) in [5.74, 6) is 0. The highest BCUT2D eigenvalue weighted by molar-refractivity contribution is 6.30. The number of hydrogen-bond acceptors (Lipinski definition) is 3. The molecule has 0 saturated carbocycles. The monoisotopic (exact) mass is 264 g/mol. The van der Waals surface area contributed by atoms with E-state index in [4.69, 9.17) is 11.6 Å². The van der Waals surface area contributed by atoms with Gasteiger partial charge in [0, 0.05) is 25.5 Å². The Balaban J connectivity index is 1.99. The molecule has 5 heteroatoms. The van der Waals surface area contributed by atoms with Gasteiger partial charge in [0.2, 0.25) is 0 Å². The van der Waals surface area contributed by atoms with E-state index in [0.717, 1.165) is 18.5 Å². The highest BCUT2D eigenvalue weighted by atomic mass is 35.5. The first-order valence-corrected chi connectivity index (χ1v) is 6.33. The Morgan fingerprint density at radius 2 is 2.22 bits per heavy atom. The van der Waals surface area contributed by atoms with Crippen LogP contribution in [0.15, 0.2) is 30.7 Å². The summed E-state index contributed by atoms with van der Waals surface area (Å²) in [5.41, 5.74) is 2.26. The molecular formula is C13H17ClN4. The first kappa shape index (κ1) is 13.1. The molecule has 2 rings (SSSR count).